The first-order chi connectivity index (χ1) is 14.6. The van der Waals surface area contributed by atoms with E-state index in [1.165, 1.54) is 12.1 Å². The summed E-state index contributed by atoms with van der Waals surface area (Å²) in [6.45, 7) is 5.38. The lowest BCUT2D eigenvalue weighted by molar-refractivity contribution is -0.116. The van der Waals surface area contributed by atoms with Crippen LogP contribution in [-0.2, 0) is 20.2 Å². The van der Waals surface area contributed by atoms with Crippen molar-refractivity contribution >= 4 is 27.7 Å². The first kappa shape index (κ1) is 20.8. The lowest BCUT2D eigenvalue weighted by Gasteiger charge is -2.15. The van der Waals surface area contributed by atoms with Crippen molar-refractivity contribution in [3.63, 3.8) is 0 Å². The van der Waals surface area contributed by atoms with Crippen LogP contribution >= 0.6 is 0 Å². The Hall–Kier alpha value is -3.46. The van der Waals surface area contributed by atoms with E-state index in [-0.39, 0.29) is 15.9 Å². The molecule has 0 atom stereocenters. The average Bonchev–Trinajstić information content (AvgIpc) is 3.23. The fourth-order valence-corrected chi connectivity index (χ4v) is 4.83. The topological polar surface area (TPSA) is 101 Å². The van der Waals surface area contributed by atoms with Gasteiger partial charge in [0.05, 0.1) is 16.9 Å². The van der Waals surface area contributed by atoms with Crippen molar-refractivity contribution in [3.8, 4) is 5.69 Å². The minimum atomic E-state index is -4.06. The van der Waals surface area contributed by atoms with Crippen LogP contribution in [-0.4, -0.2) is 40.9 Å². The second kappa shape index (κ2) is 7.35. The molecule has 2 amide bonds. The summed E-state index contributed by atoms with van der Waals surface area (Å²) in [5.74, 6) is -0.956. The van der Waals surface area contributed by atoms with E-state index in [9.17, 15) is 18.0 Å². The van der Waals surface area contributed by atoms with Crippen LogP contribution in [0.15, 0.2) is 65.6 Å². The van der Waals surface area contributed by atoms with Gasteiger partial charge in [-0.25, -0.2) is 17.4 Å². The van der Waals surface area contributed by atoms with Crippen LogP contribution in [0.2, 0.25) is 0 Å². The lowest BCUT2D eigenvalue weighted by atomic mass is 9.92. The van der Waals surface area contributed by atoms with Gasteiger partial charge >= 0.3 is 0 Å². The number of amides is 2. The van der Waals surface area contributed by atoms with Gasteiger partial charge in [0.1, 0.15) is 17.3 Å². The minimum Gasteiger partial charge on any atom is -0.309 e. The van der Waals surface area contributed by atoms with Gasteiger partial charge < -0.3 is 5.32 Å². The Morgan fingerprint density at radius 1 is 1.03 bits per heavy atom. The standard InChI is InChI=1S/C22H22N4O4S/c1-22(2,3)18-13-19(26(24-18)15-9-5-4-6-10-15)23-20(27)14-25-21(28)16-11-7-8-12-17(16)31(25,29)30/h4-13H,14H2,1-3H3,(H,23,27). The van der Waals surface area contributed by atoms with Crippen LogP contribution in [0, 0.1) is 0 Å². The van der Waals surface area contributed by atoms with Gasteiger partial charge in [-0.15, -0.1) is 0 Å². The molecule has 1 aromatic heterocycles. The summed E-state index contributed by atoms with van der Waals surface area (Å²) in [4.78, 5) is 25.3. The SMILES string of the molecule is CC(C)(C)c1cc(NC(=O)CN2C(=O)c3ccccc3S2(=O)=O)n(-c2ccccc2)n1. The van der Waals surface area contributed by atoms with Crippen molar-refractivity contribution in [1.82, 2.24) is 14.1 Å². The molecule has 2 aromatic carbocycles. The van der Waals surface area contributed by atoms with Crippen molar-refractivity contribution in [2.45, 2.75) is 31.1 Å². The van der Waals surface area contributed by atoms with Crippen LogP contribution in [0.3, 0.4) is 0 Å². The van der Waals surface area contributed by atoms with Gasteiger partial charge in [0, 0.05) is 11.5 Å². The summed E-state index contributed by atoms with van der Waals surface area (Å²) >= 11 is 0. The molecule has 0 aliphatic carbocycles. The van der Waals surface area contributed by atoms with Gasteiger partial charge in [0.25, 0.3) is 15.9 Å². The number of nitrogens with zero attached hydrogens (tertiary/aromatic N) is 3. The number of para-hydroxylation sites is 1. The second-order valence-electron chi connectivity index (χ2n) is 8.27. The molecule has 3 aromatic rings. The molecule has 4 rings (SSSR count). The Bertz CT molecular complexity index is 1270. The van der Waals surface area contributed by atoms with Gasteiger partial charge in [0.15, 0.2) is 0 Å². The summed E-state index contributed by atoms with van der Waals surface area (Å²) in [7, 11) is -4.06. The normalized spacial score (nSPS) is 15.1. The fourth-order valence-electron chi connectivity index (χ4n) is 3.30. The number of nitrogens with one attached hydrogen (secondary N) is 1. The predicted molar refractivity (Wildman–Crippen MR) is 116 cm³/mol. The molecule has 160 valence electrons. The largest absolute Gasteiger partial charge is 0.309 e. The zero-order valence-corrected chi connectivity index (χ0v) is 18.2. The summed E-state index contributed by atoms with van der Waals surface area (Å²) in [5, 5.41) is 7.33. The molecule has 0 bridgehead atoms. The van der Waals surface area contributed by atoms with Gasteiger partial charge in [-0.05, 0) is 24.3 Å². The van der Waals surface area contributed by atoms with E-state index in [0.29, 0.717) is 10.1 Å². The van der Waals surface area contributed by atoms with E-state index in [1.807, 2.05) is 51.1 Å². The average molecular weight is 439 g/mol. The Balaban J connectivity index is 1.63. The quantitative estimate of drug-likeness (QED) is 0.675. The maximum Gasteiger partial charge on any atom is 0.269 e. The molecule has 0 unspecified atom stereocenters. The Kier molecular flexibility index (Phi) is 4.93. The van der Waals surface area contributed by atoms with Crippen LogP contribution < -0.4 is 5.32 Å². The number of aromatic nitrogens is 2. The molecule has 2 heterocycles. The van der Waals surface area contributed by atoms with Gasteiger partial charge in [0.2, 0.25) is 5.91 Å². The molecule has 8 nitrogen and oxygen atoms in total. The maximum atomic E-state index is 12.8. The van der Waals surface area contributed by atoms with Crippen molar-refractivity contribution < 1.29 is 18.0 Å². The maximum absolute atomic E-state index is 12.8. The molecule has 31 heavy (non-hydrogen) atoms. The number of carbonyl (C=O) groups excluding carboxylic acids is 2. The van der Waals surface area contributed by atoms with Crippen LogP contribution in [0.1, 0.15) is 36.8 Å². The molecule has 0 spiro atoms. The second-order valence-corrected chi connectivity index (χ2v) is 10.1. The number of fused-ring (bicyclic) bond motifs is 1. The number of rotatable bonds is 4. The van der Waals surface area contributed by atoms with E-state index in [0.717, 1.165) is 11.4 Å². The van der Waals surface area contributed by atoms with E-state index >= 15 is 0 Å². The molecule has 0 saturated heterocycles. The molecule has 0 fully saturated rings. The molecule has 1 aliphatic heterocycles. The molecule has 1 aliphatic rings. The van der Waals surface area contributed by atoms with Gasteiger partial charge in [-0.3, -0.25) is 9.59 Å². The Morgan fingerprint density at radius 3 is 2.32 bits per heavy atom. The monoisotopic (exact) mass is 438 g/mol. The van der Waals surface area contributed by atoms with Crippen molar-refractivity contribution in [3.05, 3.63) is 71.9 Å². The van der Waals surface area contributed by atoms with E-state index in [2.05, 4.69) is 10.4 Å². The number of carbonyl (C=O) groups is 2. The summed E-state index contributed by atoms with van der Waals surface area (Å²) in [6.07, 6.45) is 0. The number of hydrogen-bond donors (Lipinski definition) is 1. The number of anilines is 1. The molecule has 1 N–H and O–H groups in total. The highest BCUT2D eigenvalue weighted by Crippen LogP contribution is 2.30. The van der Waals surface area contributed by atoms with E-state index in [1.54, 1.807) is 22.9 Å². The summed E-state index contributed by atoms with van der Waals surface area (Å²) in [6, 6.07) is 17.0. The van der Waals surface area contributed by atoms with Crippen molar-refractivity contribution in [2.24, 2.45) is 0 Å². The van der Waals surface area contributed by atoms with Gasteiger partial charge in [-0.2, -0.15) is 5.10 Å². The number of sulfonamides is 1. The van der Waals surface area contributed by atoms with Gasteiger partial charge in [-0.1, -0.05) is 51.1 Å². The molecule has 0 radical (unpaired) electrons. The molecule has 0 saturated carbocycles. The predicted octanol–water partition coefficient (Wildman–Crippen LogP) is 2.95. The zero-order chi connectivity index (χ0) is 22.4. The van der Waals surface area contributed by atoms with Crippen molar-refractivity contribution in [1.29, 1.82) is 0 Å². The highest BCUT2D eigenvalue weighted by molar-refractivity contribution is 7.90. The third kappa shape index (κ3) is 3.72. The summed E-state index contributed by atoms with van der Waals surface area (Å²) in [5.41, 5.74) is 1.30. The first-order valence-corrected chi connectivity index (χ1v) is 11.1. The van der Waals surface area contributed by atoms with Crippen molar-refractivity contribution in [2.75, 3.05) is 11.9 Å². The van der Waals surface area contributed by atoms with Crippen LogP contribution in [0.25, 0.3) is 5.69 Å². The van der Waals surface area contributed by atoms with E-state index < -0.39 is 28.4 Å². The highest BCUT2D eigenvalue weighted by atomic mass is 32.2. The summed E-state index contributed by atoms with van der Waals surface area (Å²) < 4.78 is 27.6. The smallest absolute Gasteiger partial charge is 0.269 e. The Labute approximate surface area is 180 Å². The number of benzene rings is 2. The van der Waals surface area contributed by atoms with E-state index in [4.69, 9.17) is 0 Å². The third-order valence-corrected chi connectivity index (χ3v) is 6.73. The third-order valence-electron chi connectivity index (χ3n) is 4.95. The molecule has 9 heteroatoms. The molecular formula is C22H22N4O4S. The fraction of sp³-hybridized carbons (Fsp3) is 0.227. The number of hydrogen-bond acceptors (Lipinski definition) is 5. The first-order valence-electron chi connectivity index (χ1n) is 9.71. The van der Waals surface area contributed by atoms with Crippen LogP contribution in [0.4, 0.5) is 5.82 Å². The minimum absolute atomic E-state index is 0.0691. The zero-order valence-electron chi connectivity index (χ0n) is 17.4. The molecular weight excluding hydrogens is 416 g/mol. The lowest BCUT2D eigenvalue weighted by Crippen LogP contribution is -2.37. The Morgan fingerprint density at radius 2 is 1.68 bits per heavy atom. The van der Waals surface area contributed by atoms with Crippen LogP contribution in [0.5, 0.6) is 0 Å². The highest BCUT2D eigenvalue weighted by Gasteiger charge is 2.41.